The van der Waals surface area contributed by atoms with Gasteiger partial charge in [0.1, 0.15) is 11.5 Å². The van der Waals surface area contributed by atoms with Gasteiger partial charge < -0.3 is 14.9 Å². The number of anilines is 1. The van der Waals surface area contributed by atoms with Crippen molar-refractivity contribution in [3.8, 4) is 17.0 Å². The Labute approximate surface area is 191 Å². The molecule has 1 aliphatic rings. The first-order chi connectivity index (χ1) is 15.9. The first-order valence-electron chi connectivity index (χ1n) is 10.5. The second-order valence-corrected chi connectivity index (χ2v) is 8.33. The zero-order chi connectivity index (χ0) is 24.9. The summed E-state index contributed by atoms with van der Waals surface area (Å²) in [7, 11) is 3.39. The smallest absolute Gasteiger partial charge is 0.419 e. The number of phenols is 1. The Balaban J connectivity index is 1.72. The number of hydrogen-bond acceptors (Lipinski definition) is 5. The van der Waals surface area contributed by atoms with E-state index in [4.69, 9.17) is 0 Å². The molecule has 3 heterocycles. The Hall–Kier alpha value is -3.44. The Morgan fingerprint density at radius 1 is 1.18 bits per heavy atom. The Morgan fingerprint density at radius 3 is 2.41 bits per heavy atom. The van der Waals surface area contributed by atoms with Crippen LogP contribution in [0.4, 0.5) is 27.8 Å². The number of piperidine rings is 1. The maximum atomic E-state index is 14.6. The second kappa shape index (κ2) is 8.41. The SMILES string of the molecule is CC(=O)N1CCC(N(C)c2cc3c(cn2)c(-c2cc(C(F)(F)F)c(F)c(O)c2F)nn3C)CC1. The molecule has 1 amide bonds. The summed E-state index contributed by atoms with van der Waals surface area (Å²) < 4.78 is 69.5. The van der Waals surface area contributed by atoms with E-state index in [0.717, 1.165) is 12.8 Å². The van der Waals surface area contributed by atoms with Gasteiger partial charge in [-0.1, -0.05) is 0 Å². The number of halogens is 5. The zero-order valence-electron chi connectivity index (χ0n) is 18.6. The third-order valence-electron chi connectivity index (χ3n) is 6.28. The summed E-state index contributed by atoms with van der Waals surface area (Å²) in [5.74, 6) is -4.74. The molecule has 0 saturated carbocycles. The third-order valence-corrected chi connectivity index (χ3v) is 6.28. The van der Waals surface area contributed by atoms with E-state index in [1.165, 1.54) is 24.9 Å². The van der Waals surface area contributed by atoms with E-state index in [0.29, 0.717) is 30.5 Å². The van der Waals surface area contributed by atoms with Gasteiger partial charge in [-0.2, -0.15) is 18.3 Å². The minimum absolute atomic E-state index is 0.0239. The molecular weight excluding hydrogens is 461 g/mol. The van der Waals surface area contributed by atoms with Crippen LogP contribution in [0.3, 0.4) is 0 Å². The van der Waals surface area contributed by atoms with Crippen molar-refractivity contribution < 1.29 is 31.9 Å². The van der Waals surface area contributed by atoms with Crippen LogP contribution in [0.5, 0.6) is 5.75 Å². The van der Waals surface area contributed by atoms with Gasteiger partial charge in [0.15, 0.2) is 17.4 Å². The van der Waals surface area contributed by atoms with Gasteiger partial charge in [-0.15, -0.1) is 0 Å². The second-order valence-electron chi connectivity index (χ2n) is 8.33. The fraction of sp³-hybridized carbons (Fsp3) is 0.409. The topological polar surface area (TPSA) is 74.5 Å². The van der Waals surface area contributed by atoms with Crippen LogP contribution in [0.15, 0.2) is 18.3 Å². The minimum atomic E-state index is -5.14. The van der Waals surface area contributed by atoms with Gasteiger partial charge in [0.25, 0.3) is 0 Å². The fourth-order valence-corrected chi connectivity index (χ4v) is 4.29. The molecule has 0 aliphatic carbocycles. The maximum Gasteiger partial charge on any atom is 0.419 e. The number of carbonyl (C=O) groups is 1. The summed E-state index contributed by atoms with van der Waals surface area (Å²) in [4.78, 5) is 19.7. The van der Waals surface area contributed by atoms with Gasteiger partial charge >= 0.3 is 6.18 Å². The largest absolute Gasteiger partial charge is 0.503 e. The molecule has 1 aromatic carbocycles. The molecule has 2 aromatic heterocycles. The van der Waals surface area contributed by atoms with Crippen molar-refractivity contribution in [2.24, 2.45) is 7.05 Å². The molecule has 0 bridgehead atoms. The lowest BCUT2D eigenvalue weighted by atomic mass is 10.0. The number of amides is 1. The predicted molar refractivity (Wildman–Crippen MR) is 114 cm³/mol. The lowest BCUT2D eigenvalue weighted by molar-refractivity contribution is -0.140. The van der Waals surface area contributed by atoms with Crippen molar-refractivity contribution in [2.45, 2.75) is 32.0 Å². The predicted octanol–water partition coefficient (Wildman–Crippen LogP) is 4.09. The van der Waals surface area contributed by atoms with Gasteiger partial charge in [0, 0.05) is 63.4 Å². The first-order valence-corrected chi connectivity index (χ1v) is 10.5. The van der Waals surface area contributed by atoms with E-state index in [-0.39, 0.29) is 23.0 Å². The van der Waals surface area contributed by atoms with Crippen LogP contribution in [0.2, 0.25) is 0 Å². The van der Waals surface area contributed by atoms with Crippen LogP contribution in [-0.2, 0) is 18.0 Å². The molecule has 12 heteroatoms. The number of likely N-dealkylation sites (tertiary alicyclic amines) is 1. The van der Waals surface area contributed by atoms with Gasteiger partial charge in [-0.25, -0.2) is 13.8 Å². The van der Waals surface area contributed by atoms with Crippen LogP contribution in [0, 0.1) is 11.6 Å². The first kappa shape index (κ1) is 23.7. The summed E-state index contributed by atoms with van der Waals surface area (Å²) in [6, 6.07) is 2.10. The Bertz CT molecular complexity index is 1270. The molecule has 7 nitrogen and oxygen atoms in total. The Kier molecular flexibility index (Phi) is 5.86. The summed E-state index contributed by atoms with van der Waals surface area (Å²) >= 11 is 0. The highest BCUT2D eigenvalue weighted by molar-refractivity contribution is 5.94. The highest BCUT2D eigenvalue weighted by Gasteiger charge is 2.38. The average molecular weight is 483 g/mol. The van der Waals surface area contributed by atoms with E-state index in [1.807, 2.05) is 11.9 Å². The number of fused-ring (bicyclic) bond motifs is 1. The van der Waals surface area contributed by atoms with E-state index >= 15 is 0 Å². The standard InChI is InChI=1S/C22H22F5N5O2/c1-11(33)32-6-4-12(5-7-32)30(2)17-9-16-14(10-28-17)20(29-31(16)3)13-8-15(22(25,26)27)19(24)21(34)18(13)23/h8-10,12,34H,4-7H2,1-3H3. The monoisotopic (exact) mass is 483 g/mol. The number of nitrogens with zero attached hydrogens (tertiary/aromatic N) is 5. The fourth-order valence-electron chi connectivity index (χ4n) is 4.29. The van der Waals surface area contributed by atoms with Crippen LogP contribution >= 0.6 is 0 Å². The lowest BCUT2D eigenvalue weighted by Crippen LogP contribution is -2.45. The number of benzene rings is 1. The molecule has 0 unspecified atom stereocenters. The summed E-state index contributed by atoms with van der Waals surface area (Å²) in [5, 5.41) is 14.0. The van der Waals surface area contributed by atoms with Crippen molar-refractivity contribution in [1.82, 2.24) is 19.7 Å². The summed E-state index contributed by atoms with van der Waals surface area (Å²) in [5.41, 5.74) is -2.21. The summed E-state index contributed by atoms with van der Waals surface area (Å²) in [6.45, 7) is 2.77. The number of hydrogen-bond donors (Lipinski definition) is 1. The normalized spacial score (nSPS) is 15.2. The van der Waals surface area contributed by atoms with Crippen molar-refractivity contribution in [3.63, 3.8) is 0 Å². The Morgan fingerprint density at radius 2 is 1.82 bits per heavy atom. The molecular formula is C22H22F5N5O2. The molecule has 4 rings (SSSR count). The number of phenolic OH excluding ortho intramolecular Hbond substituents is 1. The number of aryl methyl sites for hydroxylation is 1. The van der Waals surface area contributed by atoms with E-state index in [9.17, 15) is 31.9 Å². The third kappa shape index (κ3) is 4.01. The molecule has 0 spiro atoms. The summed E-state index contributed by atoms with van der Waals surface area (Å²) in [6.07, 6.45) is -2.29. The highest BCUT2D eigenvalue weighted by atomic mass is 19.4. The molecule has 0 radical (unpaired) electrons. The number of alkyl halides is 3. The molecule has 182 valence electrons. The maximum absolute atomic E-state index is 14.6. The molecule has 1 aliphatic heterocycles. The van der Waals surface area contributed by atoms with E-state index in [2.05, 4.69) is 10.1 Å². The quantitative estimate of drug-likeness (QED) is 0.569. The molecule has 3 aromatic rings. The number of rotatable bonds is 3. The highest BCUT2D eigenvalue weighted by Crippen LogP contribution is 2.41. The van der Waals surface area contributed by atoms with Crippen molar-refractivity contribution in [2.75, 3.05) is 25.0 Å². The van der Waals surface area contributed by atoms with Gasteiger partial charge in [-0.05, 0) is 18.9 Å². The van der Waals surface area contributed by atoms with Crippen LogP contribution in [-0.4, -0.2) is 56.9 Å². The minimum Gasteiger partial charge on any atom is -0.503 e. The van der Waals surface area contributed by atoms with Crippen molar-refractivity contribution in [1.29, 1.82) is 0 Å². The number of aromatic nitrogens is 3. The van der Waals surface area contributed by atoms with Gasteiger partial charge in [-0.3, -0.25) is 9.48 Å². The van der Waals surface area contributed by atoms with E-state index in [1.54, 1.807) is 11.0 Å². The molecule has 1 N–H and O–H groups in total. The number of carbonyl (C=O) groups excluding carboxylic acids is 1. The number of aromatic hydroxyl groups is 1. The lowest BCUT2D eigenvalue weighted by Gasteiger charge is -2.37. The molecule has 34 heavy (non-hydrogen) atoms. The van der Waals surface area contributed by atoms with Crippen LogP contribution < -0.4 is 4.90 Å². The van der Waals surface area contributed by atoms with Crippen molar-refractivity contribution in [3.05, 3.63) is 35.5 Å². The van der Waals surface area contributed by atoms with Gasteiger partial charge in [0.05, 0.1) is 11.1 Å². The molecule has 0 atom stereocenters. The van der Waals surface area contributed by atoms with Gasteiger partial charge in [0.2, 0.25) is 5.91 Å². The average Bonchev–Trinajstić information content (AvgIpc) is 3.12. The number of pyridine rings is 1. The molecule has 1 fully saturated rings. The zero-order valence-corrected chi connectivity index (χ0v) is 18.6. The van der Waals surface area contributed by atoms with Crippen molar-refractivity contribution >= 4 is 22.6 Å². The van der Waals surface area contributed by atoms with Crippen LogP contribution in [0.1, 0.15) is 25.3 Å². The van der Waals surface area contributed by atoms with Crippen LogP contribution in [0.25, 0.3) is 22.2 Å². The molecule has 1 saturated heterocycles. The van der Waals surface area contributed by atoms with E-state index < -0.39 is 34.7 Å².